The van der Waals surface area contributed by atoms with Crippen LogP contribution in [-0.4, -0.2) is 50.0 Å². The third kappa shape index (κ3) is 4.36. The van der Waals surface area contributed by atoms with Crippen molar-refractivity contribution in [2.45, 2.75) is 19.5 Å². The summed E-state index contributed by atoms with van der Waals surface area (Å²) in [5, 5.41) is 0. The smallest absolute Gasteiger partial charge is 0.157 e. The minimum Gasteiger partial charge on any atom is -0.496 e. The Kier molecular flexibility index (Phi) is 6.13. The van der Waals surface area contributed by atoms with Crippen molar-refractivity contribution < 1.29 is 4.74 Å². The molecule has 0 spiro atoms. The van der Waals surface area contributed by atoms with E-state index in [1.807, 2.05) is 18.2 Å². The molecular formula is C24H28N6O. The van der Waals surface area contributed by atoms with Crippen LogP contribution in [-0.2, 0) is 19.5 Å². The number of hydrogen-bond donors (Lipinski definition) is 2. The van der Waals surface area contributed by atoms with Crippen LogP contribution < -0.4 is 16.2 Å². The molecule has 0 saturated heterocycles. The number of methoxy groups -OCH3 is 1. The second-order valence-electron chi connectivity index (χ2n) is 7.68. The molecule has 2 aromatic carbocycles. The van der Waals surface area contributed by atoms with Gasteiger partial charge in [-0.25, -0.2) is 4.99 Å². The maximum atomic E-state index is 6.32. The first-order valence-corrected chi connectivity index (χ1v) is 10.3. The van der Waals surface area contributed by atoms with Crippen LogP contribution in [0.5, 0.6) is 5.75 Å². The molecule has 7 nitrogen and oxygen atoms in total. The fourth-order valence-electron chi connectivity index (χ4n) is 4.15. The molecule has 0 bridgehead atoms. The lowest BCUT2D eigenvalue weighted by Crippen LogP contribution is -2.38. The predicted molar refractivity (Wildman–Crippen MR) is 127 cm³/mol. The molecule has 4 rings (SSSR count). The van der Waals surface area contributed by atoms with Gasteiger partial charge in [0.25, 0.3) is 0 Å². The van der Waals surface area contributed by atoms with Crippen LogP contribution in [0, 0.1) is 0 Å². The highest BCUT2D eigenvalue weighted by molar-refractivity contribution is 6.10. The Hall–Kier alpha value is -3.45. The standard InChI is InChI=1S/C24H28N6O/c1-27-12-19(11-25)17-7-6-16-8-9-30(14-18(16)10-17)15-23(26)29-24-20-4-3-5-22(31-2)21(20)13-28-24/h3-7,10-12H,8-9,13-15,25H2,1-2H3,(H2,26,28,29). The number of allylic oxidation sites excluding steroid dienone is 1. The van der Waals surface area contributed by atoms with Crippen LogP contribution in [0.15, 0.2) is 57.6 Å². The number of fused-ring (bicyclic) bond motifs is 2. The number of rotatable bonds is 5. The Labute approximate surface area is 182 Å². The van der Waals surface area contributed by atoms with E-state index in [-0.39, 0.29) is 0 Å². The predicted octanol–water partition coefficient (Wildman–Crippen LogP) is 2.37. The van der Waals surface area contributed by atoms with Gasteiger partial charge in [0.15, 0.2) is 5.84 Å². The van der Waals surface area contributed by atoms with Crippen molar-refractivity contribution in [1.29, 1.82) is 0 Å². The molecule has 2 aliphatic heterocycles. The molecule has 0 aromatic heterocycles. The van der Waals surface area contributed by atoms with E-state index in [0.29, 0.717) is 24.8 Å². The fraction of sp³-hybridized carbons (Fsp3) is 0.292. The van der Waals surface area contributed by atoms with Gasteiger partial charge >= 0.3 is 0 Å². The largest absolute Gasteiger partial charge is 0.496 e. The SMILES string of the molecule is CN=CC(=CN)c1ccc2c(c1)CN(CC(N)=NC1=NCc3c(OC)cccc31)CC2. The van der Waals surface area contributed by atoms with Gasteiger partial charge in [-0.3, -0.25) is 14.9 Å². The van der Waals surface area contributed by atoms with Gasteiger partial charge in [-0.1, -0.05) is 24.3 Å². The molecule has 0 saturated carbocycles. The quantitative estimate of drug-likeness (QED) is 0.577. The normalized spacial score (nSPS) is 16.9. The Morgan fingerprint density at radius 1 is 1.26 bits per heavy atom. The minimum absolute atomic E-state index is 0.565. The average molecular weight is 417 g/mol. The fourth-order valence-corrected chi connectivity index (χ4v) is 4.15. The number of ether oxygens (including phenoxy) is 1. The maximum Gasteiger partial charge on any atom is 0.157 e. The number of benzene rings is 2. The van der Waals surface area contributed by atoms with Crippen LogP contribution in [0.4, 0.5) is 0 Å². The van der Waals surface area contributed by atoms with Crippen LogP contribution in [0.25, 0.3) is 5.57 Å². The monoisotopic (exact) mass is 416 g/mol. The molecule has 0 fully saturated rings. The number of hydrogen-bond acceptors (Lipinski definition) is 6. The topological polar surface area (TPSA) is 102 Å². The van der Waals surface area contributed by atoms with E-state index < -0.39 is 0 Å². The van der Waals surface area contributed by atoms with Gasteiger partial charge in [-0.2, -0.15) is 0 Å². The van der Waals surface area contributed by atoms with Crippen molar-refractivity contribution in [3.63, 3.8) is 0 Å². The summed E-state index contributed by atoms with van der Waals surface area (Å²) in [5.74, 6) is 2.09. The zero-order valence-corrected chi connectivity index (χ0v) is 18.0. The molecule has 0 unspecified atom stereocenters. The molecule has 2 heterocycles. The number of amidine groups is 2. The Morgan fingerprint density at radius 2 is 2.13 bits per heavy atom. The number of nitrogens with two attached hydrogens (primary N) is 2. The van der Waals surface area contributed by atoms with E-state index in [4.69, 9.17) is 16.2 Å². The first kappa shape index (κ1) is 20.8. The van der Waals surface area contributed by atoms with Crippen LogP contribution >= 0.6 is 0 Å². The Balaban J connectivity index is 1.48. The minimum atomic E-state index is 0.565. The lowest BCUT2D eigenvalue weighted by molar-refractivity contribution is 0.289. The highest BCUT2D eigenvalue weighted by atomic mass is 16.5. The van der Waals surface area contributed by atoms with Crippen molar-refractivity contribution in [2.24, 2.45) is 26.4 Å². The van der Waals surface area contributed by atoms with E-state index in [0.717, 1.165) is 47.5 Å². The lowest BCUT2D eigenvalue weighted by atomic mass is 9.95. The van der Waals surface area contributed by atoms with Gasteiger partial charge in [0, 0.05) is 49.3 Å². The molecule has 2 aliphatic rings. The lowest BCUT2D eigenvalue weighted by Gasteiger charge is -2.28. The molecule has 0 radical (unpaired) electrons. The second-order valence-corrected chi connectivity index (χ2v) is 7.68. The Bertz CT molecular complexity index is 1100. The van der Waals surface area contributed by atoms with Crippen LogP contribution in [0.1, 0.15) is 27.8 Å². The molecule has 0 aliphatic carbocycles. The summed E-state index contributed by atoms with van der Waals surface area (Å²) in [6.07, 6.45) is 4.35. The van der Waals surface area contributed by atoms with Crippen molar-refractivity contribution in [2.75, 3.05) is 27.2 Å². The third-order valence-electron chi connectivity index (χ3n) is 5.69. The third-order valence-corrected chi connectivity index (χ3v) is 5.69. The van der Waals surface area contributed by atoms with E-state index in [2.05, 4.69) is 38.1 Å². The van der Waals surface area contributed by atoms with E-state index >= 15 is 0 Å². The van der Waals surface area contributed by atoms with Crippen molar-refractivity contribution >= 4 is 23.5 Å². The summed E-state index contributed by atoms with van der Waals surface area (Å²) in [7, 11) is 3.42. The van der Waals surface area contributed by atoms with Crippen molar-refractivity contribution in [1.82, 2.24) is 4.90 Å². The zero-order valence-electron chi connectivity index (χ0n) is 18.0. The van der Waals surface area contributed by atoms with Gasteiger partial charge in [0.1, 0.15) is 11.6 Å². The van der Waals surface area contributed by atoms with Gasteiger partial charge < -0.3 is 16.2 Å². The van der Waals surface area contributed by atoms with E-state index in [9.17, 15) is 0 Å². The first-order valence-electron chi connectivity index (χ1n) is 10.3. The molecule has 2 aromatic rings. The molecule has 160 valence electrons. The molecular weight excluding hydrogens is 388 g/mol. The number of nitrogens with zero attached hydrogens (tertiary/aromatic N) is 4. The Morgan fingerprint density at radius 3 is 2.90 bits per heavy atom. The van der Waals surface area contributed by atoms with Crippen LogP contribution in [0.2, 0.25) is 0 Å². The average Bonchev–Trinajstić information content (AvgIpc) is 3.19. The van der Waals surface area contributed by atoms with Crippen LogP contribution in [0.3, 0.4) is 0 Å². The van der Waals surface area contributed by atoms with E-state index in [1.54, 1.807) is 26.6 Å². The molecule has 0 amide bonds. The highest BCUT2D eigenvalue weighted by Crippen LogP contribution is 2.28. The van der Waals surface area contributed by atoms with E-state index in [1.165, 1.54) is 11.1 Å². The molecule has 4 N–H and O–H groups in total. The summed E-state index contributed by atoms with van der Waals surface area (Å²) in [4.78, 5) is 15.6. The number of aliphatic imine (C=N–C) groups is 3. The summed E-state index contributed by atoms with van der Waals surface area (Å²) in [6, 6.07) is 12.4. The van der Waals surface area contributed by atoms with Gasteiger partial charge in [-0.15, -0.1) is 0 Å². The maximum absolute atomic E-state index is 6.32. The first-order chi connectivity index (χ1) is 15.1. The zero-order chi connectivity index (χ0) is 21.8. The summed E-state index contributed by atoms with van der Waals surface area (Å²) >= 11 is 0. The second kappa shape index (κ2) is 9.14. The molecule has 7 heteroatoms. The summed E-state index contributed by atoms with van der Waals surface area (Å²) in [5.41, 5.74) is 18.8. The van der Waals surface area contributed by atoms with Gasteiger partial charge in [0.2, 0.25) is 0 Å². The van der Waals surface area contributed by atoms with Gasteiger partial charge in [0.05, 0.1) is 20.2 Å². The van der Waals surface area contributed by atoms with Crippen molar-refractivity contribution in [3.8, 4) is 5.75 Å². The molecule has 31 heavy (non-hydrogen) atoms. The van der Waals surface area contributed by atoms with Crippen molar-refractivity contribution in [3.05, 3.63) is 70.4 Å². The molecule has 0 atom stereocenters. The summed E-state index contributed by atoms with van der Waals surface area (Å²) < 4.78 is 5.43. The highest BCUT2D eigenvalue weighted by Gasteiger charge is 2.21. The summed E-state index contributed by atoms with van der Waals surface area (Å²) in [6.45, 7) is 2.92. The van der Waals surface area contributed by atoms with Gasteiger partial charge in [-0.05, 0) is 35.2 Å².